The molecule has 0 aliphatic carbocycles. The molecule has 0 aromatic heterocycles. The summed E-state index contributed by atoms with van der Waals surface area (Å²) in [5, 5.41) is 14.7. The van der Waals surface area contributed by atoms with Crippen molar-refractivity contribution in [3.8, 4) is 11.5 Å². The Morgan fingerprint density at radius 1 is 1.33 bits per heavy atom. The van der Waals surface area contributed by atoms with Crippen molar-refractivity contribution < 1.29 is 19.2 Å². The predicted octanol–water partition coefficient (Wildman–Crippen LogP) is 5.09. The highest BCUT2D eigenvalue weighted by atomic mass is 79.9. The van der Waals surface area contributed by atoms with Crippen LogP contribution in [0.4, 0.5) is 5.69 Å². The second-order valence-corrected chi connectivity index (χ2v) is 6.66. The van der Waals surface area contributed by atoms with Crippen LogP contribution in [-0.4, -0.2) is 24.4 Å². The summed E-state index contributed by atoms with van der Waals surface area (Å²) < 4.78 is 12.0. The maximum atomic E-state index is 10.8. The summed E-state index contributed by atoms with van der Waals surface area (Å²) in [4.78, 5) is 15.6. The number of non-ortho nitro benzene ring substituents is 1. The monoisotopic (exact) mass is 436 g/mol. The van der Waals surface area contributed by atoms with Crippen LogP contribution < -0.4 is 9.47 Å². The number of nitro benzene ring substituents is 1. The Hall–Kier alpha value is -2.61. The molecule has 2 aromatic carbocycles. The van der Waals surface area contributed by atoms with Gasteiger partial charge in [0.05, 0.1) is 28.8 Å². The first-order valence-corrected chi connectivity index (χ1v) is 9.16. The van der Waals surface area contributed by atoms with Gasteiger partial charge in [-0.2, -0.15) is 0 Å². The number of ether oxygens (including phenoxy) is 2. The van der Waals surface area contributed by atoms with E-state index in [2.05, 4.69) is 21.1 Å². The number of nitro groups is 1. The van der Waals surface area contributed by atoms with Crippen LogP contribution in [-0.2, 0) is 11.4 Å². The maximum Gasteiger partial charge on any atom is 0.269 e. The van der Waals surface area contributed by atoms with Crippen molar-refractivity contribution in [3.05, 3.63) is 62.1 Å². The van der Waals surface area contributed by atoms with E-state index < -0.39 is 4.92 Å². The normalized spacial score (nSPS) is 12.0. The molecule has 0 amide bonds. The molecule has 0 fully saturated rings. The number of oxime groups is 1. The van der Waals surface area contributed by atoms with Crippen molar-refractivity contribution in [2.45, 2.75) is 33.0 Å². The summed E-state index contributed by atoms with van der Waals surface area (Å²) in [6.45, 7) is 4.17. The average molecular weight is 437 g/mol. The van der Waals surface area contributed by atoms with Gasteiger partial charge >= 0.3 is 0 Å². The van der Waals surface area contributed by atoms with Crippen molar-refractivity contribution in [3.63, 3.8) is 0 Å². The van der Waals surface area contributed by atoms with E-state index in [0.717, 1.165) is 16.5 Å². The van der Waals surface area contributed by atoms with Crippen LogP contribution in [0.25, 0.3) is 0 Å². The van der Waals surface area contributed by atoms with Crippen LogP contribution in [0.1, 0.15) is 31.4 Å². The van der Waals surface area contributed by atoms with Gasteiger partial charge in [0.2, 0.25) is 0 Å². The quantitative estimate of drug-likeness (QED) is 0.310. The van der Waals surface area contributed by atoms with Gasteiger partial charge in [-0.3, -0.25) is 10.1 Å². The SMILES string of the molecule is CC[C@@H](C)Oc1c(Br)cc(/C=N\OCc2cccc([N+](=O)[O-])c2)cc1OC. The zero-order chi connectivity index (χ0) is 19.8. The summed E-state index contributed by atoms with van der Waals surface area (Å²) in [5.41, 5.74) is 1.44. The van der Waals surface area contributed by atoms with Gasteiger partial charge in [-0.05, 0) is 47.0 Å². The van der Waals surface area contributed by atoms with E-state index in [-0.39, 0.29) is 18.4 Å². The average Bonchev–Trinajstić information content (AvgIpc) is 2.66. The van der Waals surface area contributed by atoms with Gasteiger partial charge in [0.1, 0.15) is 6.61 Å². The molecule has 2 rings (SSSR count). The molecule has 0 bridgehead atoms. The number of hydrogen-bond donors (Lipinski definition) is 0. The lowest BCUT2D eigenvalue weighted by Gasteiger charge is -2.17. The molecule has 1 atom stereocenters. The highest BCUT2D eigenvalue weighted by Crippen LogP contribution is 2.37. The molecule has 7 nitrogen and oxygen atoms in total. The number of rotatable bonds is 9. The molecular weight excluding hydrogens is 416 g/mol. The van der Waals surface area contributed by atoms with E-state index in [1.165, 1.54) is 18.3 Å². The van der Waals surface area contributed by atoms with Crippen LogP contribution in [0.3, 0.4) is 0 Å². The first kappa shape index (κ1) is 20.7. The zero-order valence-electron chi connectivity index (χ0n) is 15.3. The van der Waals surface area contributed by atoms with Crippen molar-refractivity contribution in [1.29, 1.82) is 0 Å². The molecule has 8 heteroatoms. The minimum absolute atomic E-state index is 0.0191. The highest BCUT2D eigenvalue weighted by Gasteiger charge is 2.13. The number of halogens is 1. The molecule has 144 valence electrons. The van der Waals surface area contributed by atoms with Gasteiger partial charge in [-0.15, -0.1) is 0 Å². The van der Waals surface area contributed by atoms with Gasteiger partial charge in [0, 0.05) is 17.7 Å². The van der Waals surface area contributed by atoms with E-state index in [1.807, 2.05) is 19.9 Å². The Morgan fingerprint density at radius 2 is 2.11 bits per heavy atom. The molecular formula is C19H21BrN2O5. The lowest BCUT2D eigenvalue weighted by Crippen LogP contribution is -2.11. The number of nitrogens with zero attached hydrogens (tertiary/aromatic N) is 2. The van der Waals surface area contributed by atoms with E-state index in [4.69, 9.17) is 14.3 Å². The fourth-order valence-electron chi connectivity index (χ4n) is 2.18. The standard InChI is InChI=1S/C19H21BrN2O5/c1-4-13(2)27-19-17(20)9-15(10-18(19)25-3)11-21-26-12-14-6-5-7-16(8-14)22(23)24/h5-11,13H,4,12H2,1-3H3/b21-11-/t13-/m1/s1. The Labute approximate surface area is 166 Å². The van der Waals surface area contributed by atoms with Gasteiger partial charge < -0.3 is 14.3 Å². The van der Waals surface area contributed by atoms with Crippen LogP contribution in [0.15, 0.2) is 46.0 Å². The second-order valence-electron chi connectivity index (χ2n) is 5.81. The number of methoxy groups -OCH3 is 1. The largest absolute Gasteiger partial charge is 0.493 e. The van der Waals surface area contributed by atoms with E-state index in [0.29, 0.717) is 17.1 Å². The van der Waals surface area contributed by atoms with Crippen LogP contribution in [0.5, 0.6) is 11.5 Å². The third kappa shape index (κ3) is 5.96. The van der Waals surface area contributed by atoms with Gasteiger partial charge in [0.25, 0.3) is 5.69 Å². The molecule has 27 heavy (non-hydrogen) atoms. The Bertz CT molecular complexity index is 826. The number of benzene rings is 2. The predicted molar refractivity (Wildman–Crippen MR) is 107 cm³/mol. The van der Waals surface area contributed by atoms with Crippen molar-refractivity contribution in [2.75, 3.05) is 7.11 Å². The fourth-order valence-corrected chi connectivity index (χ4v) is 2.74. The van der Waals surface area contributed by atoms with Crippen LogP contribution >= 0.6 is 15.9 Å². The third-order valence-electron chi connectivity index (χ3n) is 3.77. The summed E-state index contributed by atoms with van der Waals surface area (Å²) in [6, 6.07) is 9.88. The molecule has 0 aliphatic heterocycles. The van der Waals surface area contributed by atoms with Gasteiger partial charge in [-0.25, -0.2) is 0 Å². The topological polar surface area (TPSA) is 83.2 Å². The summed E-state index contributed by atoms with van der Waals surface area (Å²) in [5.74, 6) is 1.23. The van der Waals surface area contributed by atoms with Crippen molar-refractivity contribution in [1.82, 2.24) is 0 Å². The lowest BCUT2D eigenvalue weighted by atomic mass is 10.2. The molecule has 0 saturated carbocycles. The molecule has 2 aromatic rings. The molecule has 0 N–H and O–H groups in total. The summed E-state index contributed by atoms with van der Waals surface area (Å²) in [7, 11) is 1.57. The summed E-state index contributed by atoms with van der Waals surface area (Å²) >= 11 is 3.49. The molecule has 0 spiro atoms. The smallest absolute Gasteiger partial charge is 0.269 e. The zero-order valence-corrected chi connectivity index (χ0v) is 16.9. The first-order chi connectivity index (χ1) is 12.9. The Kier molecular flexibility index (Phi) is 7.60. The number of hydrogen-bond acceptors (Lipinski definition) is 6. The van der Waals surface area contributed by atoms with Crippen molar-refractivity contribution >= 4 is 27.8 Å². The summed E-state index contributed by atoms with van der Waals surface area (Å²) in [6.07, 6.45) is 2.48. The van der Waals surface area contributed by atoms with Crippen molar-refractivity contribution in [2.24, 2.45) is 5.16 Å². The fraction of sp³-hybridized carbons (Fsp3) is 0.316. The van der Waals surface area contributed by atoms with Crippen LogP contribution in [0.2, 0.25) is 0 Å². The van der Waals surface area contributed by atoms with Gasteiger partial charge in [-0.1, -0.05) is 24.2 Å². The maximum absolute atomic E-state index is 10.8. The molecule has 0 aliphatic rings. The first-order valence-electron chi connectivity index (χ1n) is 8.37. The minimum atomic E-state index is -0.445. The molecule has 0 heterocycles. The lowest BCUT2D eigenvalue weighted by molar-refractivity contribution is -0.384. The van der Waals surface area contributed by atoms with E-state index in [9.17, 15) is 10.1 Å². The minimum Gasteiger partial charge on any atom is -0.493 e. The molecule has 0 radical (unpaired) electrons. The molecule has 0 saturated heterocycles. The third-order valence-corrected chi connectivity index (χ3v) is 4.36. The Morgan fingerprint density at radius 3 is 2.78 bits per heavy atom. The van der Waals surface area contributed by atoms with E-state index in [1.54, 1.807) is 25.3 Å². The van der Waals surface area contributed by atoms with E-state index >= 15 is 0 Å². The van der Waals surface area contributed by atoms with Crippen LogP contribution in [0, 0.1) is 10.1 Å². The molecule has 0 unspecified atom stereocenters. The highest BCUT2D eigenvalue weighted by molar-refractivity contribution is 9.10. The second kappa shape index (κ2) is 9.91. The Balaban J connectivity index is 2.05. The van der Waals surface area contributed by atoms with Gasteiger partial charge in [0.15, 0.2) is 11.5 Å².